The number of rotatable bonds is 7. The molecule has 0 saturated carbocycles. The Morgan fingerprint density at radius 2 is 1.49 bits per heavy atom. The van der Waals surface area contributed by atoms with Crippen LogP contribution in [0, 0.1) is 10.5 Å². The van der Waals surface area contributed by atoms with Crippen LogP contribution in [0.25, 0.3) is 0 Å². The number of carbonyl (C=O) groups excluding carboxylic acids is 1. The van der Waals surface area contributed by atoms with E-state index in [9.17, 15) is 4.79 Å². The largest absolute Gasteiger partial charge is 0.403 e. The van der Waals surface area contributed by atoms with Crippen LogP contribution in [0.2, 0.25) is 10.1 Å². The van der Waals surface area contributed by atoms with Gasteiger partial charge in [-0.15, -0.1) is 0 Å². The van der Waals surface area contributed by atoms with Crippen LogP contribution in [0.5, 0.6) is 0 Å². The molecule has 1 amide bonds. The summed E-state index contributed by atoms with van der Waals surface area (Å²) in [5.74, 6) is -0.162. The number of benzene rings is 4. The first-order valence-electron chi connectivity index (χ1n) is 12.2. The molecule has 0 fully saturated rings. The van der Waals surface area contributed by atoms with Crippen LogP contribution >= 0.6 is 34.2 Å². The number of anilines is 1. The normalized spacial score (nSPS) is 11.8. The molecule has 0 aliphatic heterocycles. The van der Waals surface area contributed by atoms with E-state index in [1.807, 2.05) is 49.4 Å². The third-order valence-corrected chi connectivity index (χ3v) is 13.1. The zero-order valence-corrected chi connectivity index (χ0v) is 25.4. The maximum Gasteiger partial charge on any atom is 0.261 e. The van der Waals surface area contributed by atoms with Crippen LogP contribution in [-0.2, 0) is 11.0 Å². The summed E-state index contributed by atoms with van der Waals surface area (Å²) in [4.78, 5) is 12.8. The second kappa shape index (κ2) is 11.5. The summed E-state index contributed by atoms with van der Waals surface area (Å²) in [6, 6.07) is 32.4. The number of halogens is 2. The van der Waals surface area contributed by atoms with Gasteiger partial charge in [0.2, 0.25) is 0 Å². The molecule has 1 N–H and O–H groups in total. The van der Waals surface area contributed by atoms with Crippen LogP contribution in [0.4, 0.5) is 5.69 Å². The summed E-state index contributed by atoms with van der Waals surface area (Å²) < 4.78 is 8.07. The quantitative estimate of drug-likeness (QED) is 0.167. The fraction of sp³-hybridized carbons (Fsp3) is 0.194. The van der Waals surface area contributed by atoms with Crippen molar-refractivity contribution in [2.45, 2.75) is 39.3 Å². The van der Waals surface area contributed by atoms with Gasteiger partial charge < -0.3 is 9.74 Å². The second-order valence-electron chi connectivity index (χ2n) is 10.2. The van der Waals surface area contributed by atoms with Crippen LogP contribution in [0.1, 0.15) is 42.3 Å². The van der Waals surface area contributed by atoms with Gasteiger partial charge in [0.15, 0.2) is 0 Å². The predicted molar refractivity (Wildman–Crippen MR) is 166 cm³/mol. The number of amides is 1. The van der Waals surface area contributed by atoms with Crippen LogP contribution < -0.4 is 15.7 Å². The Labute approximate surface area is 239 Å². The lowest BCUT2D eigenvalue weighted by Gasteiger charge is -2.43. The molecule has 190 valence electrons. The lowest BCUT2D eigenvalue weighted by atomic mass is 10.1. The van der Waals surface area contributed by atoms with E-state index in [1.54, 1.807) is 6.07 Å². The number of nitrogens with one attached hydrogen (secondary N) is 1. The molecule has 0 aliphatic carbocycles. The molecule has 0 unspecified atom stereocenters. The lowest BCUT2D eigenvalue weighted by molar-refractivity contribution is 0.102. The van der Waals surface area contributed by atoms with E-state index in [1.165, 1.54) is 10.4 Å². The average molecular weight is 640 g/mol. The van der Waals surface area contributed by atoms with Crippen molar-refractivity contribution in [1.82, 2.24) is 0 Å². The number of hydrogen-bond acceptors (Lipinski definition) is 2. The SMILES string of the molecule is Cc1ccc(C(=O)Nc2ccc(CO[Si](c3ccccc3)(c3ccccc3)C(C)(C)C)c(Cl)c2)cc1I. The highest BCUT2D eigenvalue weighted by Crippen LogP contribution is 2.38. The van der Waals surface area contributed by atoms with Crippen LogP contribution in [0.15, 0.2) is 97.1 Å². The summed E-state index contributed by atoms with van der Waals surface area (Å²) in [7, 11) is -2.68. The Kier molecular flexibility index (Phi) is 8.58. The monoisotopic (exact) mass is 639 g/mol. The zero-order chi connectivity index (χ0) is 26.6. The molecular formula is C31H31ClINO2Si. The lowest BCUT2D eigenvalue weighted by Crippen LogP contribution is -2.66. The Morgan fingerprint density at radius 1 is 0.892 bits per heavy atom. The topological polar surface area (TPSA) is 38.3 Å². The van der Waals surface area contributed by atoms with Gasteiger partial charge in [0.05, 0.1) is 6.61 Å². The molecule has 0 bridgehead atoms. The number of aryl methyl sites for hydroxylation is 1. The van der Waals surface area contributed by atoms with Crippen molar-refractivity contribution in [2.24, 2.45) is 0 Å². The van der Waals surface area contributed by atoms with Crippen molar-refractivity contribution in [3.63, 3.8) is 0 Å². The number of hydrogen-bond donors (Lipinski definition) is 1. The van der Waals surface area contributed by atoms with Crippen molar-refractivity contribution in [3.8, 4) is 0 Å². The highest BCUT2D eigenvalue weighted by molar-refractivity contribution is 14.1. The van der Waals surface area contributed by atoms with Gasteiger partial charge in [-0.3, -0.25) is 4.79 Å². The molecule has 4 rings (SSSR count). The molecule has 0 saturated heterocycles. The third-order valence-electron chi connectivity index (χ3n) is 6.61. The Bertz CT molecular complexity index is 1350. The van der Waals surface area contributed by atoms with E-state index >= 15 is 0 Å². The Morgan fingerprint density at radius 3 is 2.00 bits per heavy atom. The standard InChI is InChI=1S/C31H31ClINO2Si/c1-22-15-16-23(19-29(22)33)30(35)34-25-18-17-24(28(32)20-25)21-36-37(31(2,3)4,26-11-7-5-8-12-26)27-13-9-6-10-14-27/h5-20H,21H2,1-4H3,(H,34,35). The molecule has 0 atom stereocenters. The molecule has 0 heterocycles. The van der Waals surface area contributed by atoms with E-state index in [2.05, 4.69) is 97.2 Å². The zero-order valence-electron chi connectivity index (χ0n) is 21.5. The third kappa shape index (κ3) is 6.01. The van der Waals surface area contributed by atoms with E-state index < -0.39 is 8.32 Å². The average Bonchev–Trinajstić information content (AvgIpc) is 2.87. The van der Waals surface area contributed by atoms with Gasteiger partial charge in [0.25, 0.3) is 14.2 Å². The highest BCUT2D eigenvalue weighted by atomic mass is 127. The second-order valence-corrected chi connectivity index (χ2v) is 16.1. The summed E-state index contributed by atoms with van der Waals surface area (Å²) >= 11 is 8.96. The van der Waals surface area contributed by atoms with Crippen molar-refractivity contribution in [3.05, 3.63) is 122 Å². The predicted octanol–water partition coefficient (Wildman–Crippen LogP) is 7.58. The number of carbonyl (C=O) groups is 1. The molecule has 0 radical (unpaired) electrons. The first-order valence-corrected chi connectivity index (χ1v) is 15.6. The summed E-state index contributed by atoms with van der Waals surface area (Å²) in [6.07, 6.45) is 0. The maximum absolute atomic E-state index is 12.8. The first-order chi connectivity index (χ1) is 17.6. The smallest absolute Gasteiger partial charge is 0.261 e. The van der Waals surface area contributed by atoms with Gasteiger partial charge in [-0.1, -0.05) is 105 Å². The molecule has 0 aliphatic rings. The minimum absolute atomic E-state index is 0.123. The van der Waals surface area contributed by atoms with Gasteiger partial charge >= 0.3 is 0 Å². The van der Waals surface area contributed by atoms with E-state index in [-0.39, 0.29) is 10.9 Å². The molecule has 4 aromatic rings. The molecule has 4 aromatic carbocycles. The molecule has 37 heavy (non-hydrogen) atoms. The highest BCUT2D eigenvalue weighted by Gasteiger charge is 2.50. The summed E-state index contributed by atoms with van der Waals surface area (Å²) in [6.45, 7) is 9.16. The Hall–Kier alpha value is -2.45. The van der Waals surface area contributed by atoms with Crippen molar-refractivity contribution in [1.29, 1.82) is 0 Å². The van der Waals surface area contributed by atoms with Crippen LogP contribution in [0.3, 0.4) is 0 Å². The Balaban J connectivity index is 1.61. The first kappa shape index (κ1) is 27.6. The minimum Gasteiger partial charge on any atom is -0.403 e. The molecule has 6 heteroatoms. The van der Waals surface area contributed by atoms with Gasteiger partial charge in [-0.2, -0.15) is 0 Å². The van der Waals surface area contributed by atoms with Crippen molar-refractivity contribution in [2.75, 3.05) is 5.32 Å². The van der Waals surface area contributed by atoms with Gasteiger partial charge in [-0.05, 0) is 80.3 Å². The fourth-order valence-electron chi connectivity index (χ4n) is 4.63. The molecule has 0 aromatic heterocycles. The summed E-state index contributed by atoms with van der Waals surface area (Å²) in [5.41, 5.74) is 3.30. The molecular weight excluding hydrogens is 609 g/mol. The van der Waals surface area contributed by atoms with Crippen molar-refractivity contribution >= 4 is 64.5 Å². The van der Waals surface area contributed by atoms with Crippen LogP contribution in [-0.4, -0.2) is 14.2 Å². The van der Waals surface area contributed by atoms with E-state index in [0.717, 1.165) is 14.7 Å². The van der Waals surface area contributed by atoms with Gasteiger partial charge in [0.1, 0.15) is 0 Å². The fourth-order valence-corrected chi connectivity index (χ4v) is 9.90. The van der Waals surface area contributed by atoms with Gasteiger partial charge in [0, 0.05) is 19.8 Å². The van der Waals surface area contributed by atoms with E-state index in [4.69, 9.17) is 16.0 Å². The molecule has 0 spiro atoms. The molecule has 3 nitrogen and oxygen atoms in total. The van der Waals surface area contributed by atoms with Gasteiger partial charge in [-0.25, -0.2) is 0 Å². The van der Waals surface area contributed by atoms with E-state index in [0.29, 0.717) is 22.9 Å². The maximum atomic E-state index is 12.8. The van der Waals surface area contributed by atoms with Crippen molar-refractivity contribution < 1.29 is 9.22 Å². The minimum atomic E-state index is -2.68. The summed E-state index contributed by atoms with van der Waals surface area (Å²) in [5, 5.41) is 5.85.